The highest BCUT2D eigenvalue weighted by Gasteiger charge is 2.54. The number of hydrogen-bond acceptors (Lipinski definition) is 4. The molecule has 0 unspecified atom stereocenters. The molecule has 2 aliphatic heterocycles. The summed E-state index contributed by atoms with van der Waals surface area (Å²) in [6.45, 7) is 0.294. The Balaban J connectivity index is 1.26. The molecule has 0 spiro atoms. The number of methoxy groups -OCH3 is 1. The van der Waals surface area contributed by atoms with Crippen LogP contribution >= 0.6 is 0 Å². The number of piperazine rings is 1. The number of amides is 3. The molecule has 3 aliphatic rings. The van der Waals surface area contributed by atoms with Crippen molar-refractivity contribution in [3.8, 4) is 17.6 Å². The number of carbonyl (C=O) groups excluding carboxylic acids is 2. The number of urea groups is 1. The molecule has 2 N–H and O–H groups in total. The smallest absolute Gasteiger partial charge is 0.322 e. The molecular formula is C29H33N3O4. The van der Waals surface area contributed by atoms with Crippen LogP contribution in [0.25, 0.3) is 0 Å². The number of aliphatic hydroxyl groups is 1. The third-order valence-electron chi connectivity index (χ3n) is 7.75. The molecule has 36 heavy (non-hydrogen) atoms. The molecule has 3 fully saturated rings. The highest BCUT2D eigenvalue weighted by molar-refractivity contribution is 5.94. The second kappa shape index (κ2) is 10.6. The molecule has 2 saturated heterocycles. The zero-order valence-corrected chi connectivity index (χ0v) is 20.7. The van der Waals surface area contributed by atoms with Crippen LogP contribution in [0.4, 0.5) is 10.5 Å². The maximum atomic E-state index is 13.0. The van der Waals surface area contributed by atoms with Crippen molar-refractivity contribution in [3.63, 3.8) is 0 Å². The molecule has 188 valence electrons. The van der Waals surface area contributed by atoms with E-state index in [-0.39, 0.29) is 43.1 Å². The normalized spacial score (nSPS) is 23.4. The maximum absolute atomic E-state index is 13.0. The van der Waals surface area contributed by atoms with E-state index in [4.69, 9.17) is 4.74 Å². The van der Waals surface area contributed by atoms with Gasteiger partial charge in [-0.05, 0) is 48.6 Å². The van der Waals surface area contributed by atoms with Crippen LogP contribution in [0.5, 0.6) is 5.75 Å². The number of anilines is 1. The van der Waals surface area contributed by atoms with Gasteiger partial charge in [0.25, 0.3) is 0 Å². The van der Waals surface area contributed by atoms with Crippen molar-refractivity contribution >= 4 is 17.6 Å². The fourth-order valence-electron chi connectivity index (χ4n) is 5.86. The zero-order chi connectivity index (χ0) is 25.1. The van der Waals surface area contributed by atoms with Gasteiger partial charge in [0.15, 0.2) is 0 Å². The first-order chi connectivity index (χ1) is 17.6. The van der Waals surface area contributed by atoms with E-state index in [0.29, 0.717) is 18.0 Å². The highest BCUT2D eigenvalue weighted by atomic mass is 16.5. The Morgan fingerprint density at radius 1 is 1.17 bits per heavy atom. The lowest BCUT2D eigenvalue weighted by Gasteiger charge is -2.58. The van der Waals surface area contributed by atoms with E-state index in [2.05, 4.69) is 17.2 Å². The van der Waals surface area contributed by atoms with Crippen molar-refractivity contribution in [2.24, 2.45) is 5.92 Å². The molecule has 1 aliphatic carbocycles. The van der Waals surface area contributed by atoms with Crippen molar-refractivity contribution in [1.29, 1.82) is 0 Å². The number of ether oxygens (including phenoxy) is 1. The van der Waals surface area contributed by atoms with Crippen LogP contribution in [0, 0.1) is 17.8 Å². The van der Waals surface area contributed by atoms with Crippen molar-refractivity contribution in [1.82, 2.24) is 9.80 Å². The third-order valence-corrected chi connectivity index (χ3v) is 7.75. The van der Waals surface area contributed by atoms with Crippen molar-refractivity contribution in [2.75, 3.05) is 32.1 Å². The highest BCUT2D eigenvalue weighted by Crippen LogP contribution is 2.43. The average Bonchev–Trinajstić information content (AvgIpc) is 3.40. The van der Waals surface area contributed by atoms with E-state index in [1.807, 2.05) is 24.3 Å². The van der Waals surface area contributed by atoms with Gasteiger partial charge in [0.05, 0.1) is 25.8 Å². The third kappa shape index (κ3) is 4.91. The predicted molar refractivity (Wildman–Crippen MR) is 138 cm³/mol. The van der Waals surface area contributed by atoms with Crippen LogP contribution in [0.3, 0.4) is 0 Å². The first-order valence-corrected chi connectivity index (χ1v) is 12.8. The zero-order valence-electron chi connectivity index (χ0n) is 20.7. The van der Waals surface area contributed by atoms with Crippen molar-refractivity contribution < 1.29 is 19.4 Å². The van der Waals surface area contributed by atoms with E-state index in [9.17, 15) is 14.7 Å². The molecule has 1 saturated carbocycles. The van der Waals surface area contributed by atoms with E-state index in [1.165, 1.54) is 25.7 Å². The Hall–Kier alpha value is -3.50. The van der Waals surface area contributed by atoms with E-state index in [1.54, 1.807) is 41.2 Å². The van der Waals surface area contributed by atoms with Crippen LogP contribution in [-0.2, 0) is 4.79 Å². The first kappa shape index (κ1) is 24.2. The standard InChI is InChI=1S/C29H33N3O4/c1-36-24-11-5-10-23(16-24)30-29(35)31-17-25-28(26(19-33)32(25)27(34)18-31)22-14-12-21(13-15-22)9-4-8-20-6-2-3-7-20/h5,10-16,20,25-26,28,33H,2-3,6-8,17-19H2,1H3,(H,30,35)/t25-,26+,28+/m1/s1. The summed E-state index contributed by atoms with van der Waals surface area (Å²) in [6, 6.07) is 14.5. The van der Waals surface area contributed by atoms with E-state index >= 15 is 0 Å². The summed E-state index contributed by atoms with van der Waals surface area (Å²) in [6.07, 6.45) is 6.21. The summed E-state index contributed by atoms with van der Waals surface area (Å²) in [5, 5.41) is 12.9. The molecule has 2 heterocycles. The van der Waals surface area contributed by atoms with Crippen LogP contribution in [0.1, 0.15) is 49.1 Å². The molecule has 7 heteroatoms. The number of nitrogens with one attached hydrogen (secondary N) is 1. The SMILES string of the molecule is COc1cccc(NC(=O)N2CC(=O)N3[C@H](C2)[C@H](c2ccc(C#CCC4CCCC4)cc2)[C@@H]3CO)c1. The number of carbonyl (C=O) groups is 2. The molecule has 3 amide bonds. The van der Waals surface area contributed by atoms with Gasteiger partial charge in [-0.3, -0.25) is 4.79 Å². The monoisotopic (exact) mass is 487 g/mol. The molecule has 0 bridgehead atoms. The van der Waals surface area contributed by atoms with Crippen LogP contribution < -0.4 is 10.1 Å². The van der Waals surface area contributed by atoms with E-state index in [0.717, 1.165) is 23.5 Å². The molecule has 7 nitrogen and oxygen atoms in total. The second-order valence-corrected chi connectivity index (χ2v) is 9.97. The molecule has 0 aromatic heterocycles. The summed E-state index contributed by atoms with van der Waals surface area (Å²) >= 11 is 0. The van der Waals surface area contributed by atoms with Crippen LogP contribution in [0.15, 0.2) is 48.5 Å². The second-order valence-electron chi connectivity index (χ2n) is 9.97. The Morgan fingerprint density at radius 2 is 1.94 bits per heavy atom. The summed E-state index contributed by atoms with van der Waals surface area (Å²) in [5.74, 6) is 7.83. The molecule has 3 atom stereocenters. The summed E-state index contributed by atoms with van der Waals surface area (Å²) in [5.41, 5.74) is 2.64. The van der Waals surface area contributed by atoms with Gasteiger partial charge < -0.3 is 25.0 Å². The fourth-order valence-corrected chi connectivity index (χ4v) is 5.86. The summed E-state index contributed by atoms with van der Waals surface area (Å²) < 4.78 is 5.22. The first-order valence-electron chi connectivity index (χ1n) is 12.8. The van der Waals surface area contributed by atoms with Gasteiger partial charge in [-0.25, -0.2) is 4.79 Å². The van der Waals surface area contributed by atoms with Crippen LogP contribution in [0.2, 0.25) is 0 Å². The number of benzene rings is 2. The fraction of sp³-hybridized carbons (Fsp3) is 0.448. The van der Waals surface area contributed by atoms with Crippen LogP contribution in [-0.4, -0.2) is 65.7 Å². The predicted octanol–water partition coefficient (Wildman–Crippen LogP) is 3.83. The minimum Gasteiger partial charge on any atom is -0.497 e. The minimum absolute atomic E-state index is 0.00889. The molecule has 2 aromatic rings. The average molecular weight is 488 g/mol. The largest absolute Gasteiger partial charge is 0.497 e. The molecule has 2 aromatic carbocycles. The Kier molecular flexibility index (Phi) is 7.15. The summed E-state index contributed by atoms with van der Waals surface area (Å²) in [4.78, 5) is 29.2. The van der Waals surface area contributed by atoms with Crippen molar-refractivity contribution in [2.45, 2.75) is 50.1 Å². The number of hydrogen-bond donors (Lipinski definition) is 2. The van der Waals surface area contributed by atoms with Gasteiger partial charge in [0.1, 0.15) is 12.3 Å². The van der Waals surface area contributed by atoms with Gasteiger partial charge in [-0.2, -0.15) is 0 Å². The minimum atomic E-state index is -0.324. The van der Waals surface area contributed by atoms with Gasteiger partial charge in [-0.15, -0.1) is 0 Å². The quantitative estimate of drug-likeness (QED) is 0.628. The lowest BCUT2D eigenvalue weighted by atomic mass is 9.73. The Labute approximate surface area is 212 Å². The molecule has 5 rings (SSSR count). The number of fused-ring (bicyclic) bond motifs is 1. The van der Waals surface area contributed by atoms with Crippen molar-refractivity contribution in [3.05, 3.63) is 59.7 Å². The maximum Gasteiger partial charge on any atom is 0.322 e. The van der Waals surface area contributed by atoms with Gasteiger partial charge >= 0.3 is 6.03 Å². The van der Waals surface area contributed by atoms with Gasteiger partial charge in [0, 0.05) is 36.2 Å². The number of rotatable bonds is 5. The van der Waals surface area contributed by atoms with E-state index < -0.39 is 0 Å². The summed E-state index contributed by atoms with van der Waals surface area (Å²) in [7, 11) is 1.57. The molecular weight excluding hydrogens is 454 g/mol. The lowest BCUT2D eigenvalue weighted by Crippen LogP contribution is -2.73. The number of aliphatic hydroxyl groups excluding tert-OH is 1. The Morgan fingerprint density at radius 3 is 2.67 bits per heavy atom. The molecule has 0 radical (unpaired) electrons. The van der Waals surface area contributed by atoms with Gasteiger partial charge in [-0.1, -0.05) is 42.9 Å². The Bertz CT molecular complexity index is 1160. The number of nitrogens with zero attached hydrogens (tertiary/aromatic N) is 2. The van der Waals surface area contributed by atoms with Gasteiger partial charge in [0.2, 0.25) is 5.91 Å². The topological polar surface area (TPSA) is 82.1 Å². The lowest BCUT2D eigenvalue weighted by molar-refractivity contribution is -0.159.